The number of carbonyl (C=O) groups is 1. The molecule has 0 amide bonds. The molecule has 5 unspecified atom stereocenters. The quantitative estimate of drug-likeness (QED) is 0.370. The van der Waals surface area contributed by atoms with Crippen LogP contribution in [0.3, 0.4) is 0 Å². The van der Waals surface area contributed by atoms with E-state index < -0.39 is 23.3 Å². The number of fused-ring (bicyclic) bond motifs is 2. The summed E-state index contributed by atoms with van der Waals surface area (Å²) in [6.07, 6.45) is 4.46. The van der Waals surface area contributed by atoms with E-state index >= 15 is 0 Å². The number of halogens is 1. The Hall–Kier alpha value is 0.395. The molecule has 0 aromatic heterocycles. The molecule has 1 saturated carbocycles. The van der Waals surface area contributed by atoms with Crippen molar-refractivity contribution in [2.75, 3.05) is 0 Å². The first-order chi connectivity index (χ1) is 8.33. The molecule has 3 nitrogen and oxygen atoms in total. The van der Waals surface area contributed by atoms with Gasteiger partial charge >= 0.3 is 125 Å². The maximum atomic E-state index is 11.2. The van der Waals surface area contributed by atoms with Gasteiger partial charge in [0, 0.05) is 0 Å². The second-order valence-corrected chi connectivity index (χ2v) is 13.7. The standard InChI is InChI=1S/C13H19O3.ClH.Hg/c1-8(14)15-11-7-9-5-6-10(11)12(9)16-13(2,3)4;;/h5-7,9-12H,1-4H3;1H;/q;;+1/p-1. The van der Waals surface area contributed by atoms with Crippen LogP contribution in [0.25, 0.3) is 0 Å². The summed E-state index contributed by atoms with van der Waals surface area (Å²) in [5, 5.41) is 0. The molecule has 2 rings (SSSR count). The third kappa shape index (κ3) is 2.93. The van der Waals surface area contributed by atoms with Gasteiger partial charge in [0.15, 0.2) is 0 Å². The van der Waals surface area contributed by atoms with E-state index in [2.05, 4.69) is 32.9 Å². The van der Waals surface area contributed by atoms with Crippen molar-refractivity contribution in [1.29, 1.82) is 0 Å². The summed E-state index contributed by atoms with van der Waals surface area (Å²) < 4.78 is 12.0. The Morgan fingerprint density at radius 1 is 1.22 bits per heavy atom. The fourth-order valence-electron chi connectivity index (χ4n) is 3.03. The van der Waals surface area contributed by atoms with E-state index in [-0.39, 0.29) is 29.7 Å². The molecule has 2 aliphatic rings. The van der Waals surface area contributed by atoms with Crippen LogP contribution in [0.1, 0.15) is 27.7 Å². The molecule has 2 aliphatic carbocycles. The second kappa shape index (κ2) is 5.41. The van der Waals surface area contributed by atoms with Gasteiger partial charge < -0.3 is 0 Å². The molecule has 2 bridgehead atoms. The van der Waals surface area contributed by atoms with Crippen LogP contribution in [-0.4, -0.2) is 23.8 Å². The van der Waals surface area contributed by atoms with Crippen molar-refractivity contribution in [1.82, 2.24) is 0 Å². The molecular weight excluding hydrogens is 440 g/mol. The van der Waals surface area contributed by atoms with Crippen LogP contribution < -0.4 is 0 Å². The molecule has 0 spiro atoms. The SMILES string of the molecule is CC(=O)OC1C2C=CC(C2OC(C)(C)C)[CH]1[Hg][Cl]. The molecule has 98 valence electrons. The number of carbonyl (C=O) groups excluding carboxylic acids is 1. The van der Waals surface area contributed by atoms with E-state index in [0.717, 1.165) is 0 Å². The Labute approximate surface area is 124 Å². The number of esters is 1. The summed E-state index contributed by atoms with van der Waals surface area (Å²) in [4.78, 5) is 11.2. The van der Waals surface area contributed by atoms with Gasteiger partial charge in [0.05, 0.1) is 0 Å². The predicted octanol–water partition coefficient (Wildman–Crippen LogP) is 2.94. The number of ether oxygens (including phenoxy) is 2. The second-order valence-electron chi connectivity index (χ2n) is 6.13. The maximum absolute atomic E-state index is 11.2. The van der Waals surface area contributed by atoms with Crippen LogP contribution in [0.2, 0.25) is 3.43 Å². The van der Waals surface area contributed by atoms with Crippen LogP contribution in [0.15, 0.2) is 12.2 Å². The Morgan fingerprint density at radius 2 is 1.83 bits per heavy atom. The zero-order valence-corrected chi connectivity index (χ0v) is 17.6. The van der Waals surface area contributed by atoms with E-state index in [0.29, 0.717) is 9.34 Å². The van der Waals surface area contributed by atoms with Gasteiger partial charge in [-0.2, -0.15) is 0 Å². The van der Waals surface area contributed by atoms with Crippen molar-refractivity contribution >= 4 is 14.2 Å². The van der Waals surface area contributed by atoms with E-state index in [1.807, 2.05) is 0 Å². The summed E-state index contributed by atoms with van der Waals surface area (Å²) in [7, 11) is 6.26. The topological polar surface area (TPSA) is 35.5 Å². The average Bonchev–Trinajstić information content (AvgIpc) is 2.70. The first-order valence-electron chi connectivity index (χ1n) is 6.43. The molecule has 0 heterocycles. The van der Waals surface area contributed by atoms with E-state index in [1.54, 1.807) is 0 Å². The van der Waals surface area contributed by atoms with Gasteiger partial charge in [0.1, 0.15) is 0 Å². The Kier molecular flexibility index (Phi) is 4.45. The summed E-state index contributed by atoms with van der Waals surface area (Å²) in [6.45, 7) is 7.65. The Bertz CT molecular complexity index is 364. The molecule has 0 aromatic rings. The molecule has 0 radical (unpaired) electrons. The van der Waals surface area contributed by atoms with Crippen molar-refractivity contribution in [2.24, 2.45) is 11.8 Å². The molecule has 0 aromatic carbocycles. The Morgan fingerprint density at radius 3 is 2.33 bits per heavy atom. The monoisotopic (exact) mass is 460 g/mol. The van der Waals surface area contributed by atoms with Crippen LogP contribution in [-0.2, 0) is 37.6 Å². The molecule has 0 aliphatic heterocycles. The molecule has 5 heteroatoms. The van der Waals surface area contributed by atoms with E-state index in [4.69, 9.17) is 17.7 Å². The predicted molar refractivity (Wildman–Crippen MR) is 65.9 cm³/mol. The van der Waals surface area contributed by atoms with Crippen molar-refractivity contribution in [2.45, 2.75) is 48.9 Å². The fraction of sp³-hybridized carbons (Fsp3) is 0.769. The third-order valence-corrected chi connectivity index (χ3v) is 12.0. The summed E-state index contributed by atoms with van der Waals surface area (Å²) >= 11 is -1.49. The average molecular weight is 459 g/mol. The zero-order chi connectivity index (χ0) is 13.5. The first kappa shape index (κ1) is 14.8. The molecular formula is C13H19ClHgO3. The Balaban J connectivity index is 2.16. The minimum atomic E-state index is -1.49. The van der Waals surface area contributed by atoms with Crippen molar-refractivity contribution in [3.05, 3.63) is 12.2 Å². The summed E-state index contributed by atoms with van der Waals surface area (Å²) in [6, 6.07) is 0. The van der Waals surface area contributed by atoms with Gasteiger partial charge in [-0.05, 0) is 0 Å². The fourth-order valence-corrected chi connectivity index (χ4v) is 11.1. The first-order valence-corrected chi connectivity index (χ1v) is 16.4. The van der Waals surface area contributed by atoms with Crippen LogP contribution >= 0.6 is 8.25 Å². The number of hydrogen-bond donors (Lipinski definition) is 0. The van der Waals surface area contributed by atoms with Crippen LogP contribution in [0.5, 0.6) is 0 Å². The normalized spacial score (nSPS) is 37.7. The minimum absolute atomic E-state index is 0.0379. The van der Waals surface area contributed by atoms with Gasteiger partial charge in [-0.25, -0.2) is 0 Å². The van der Waals surface area contributed by atoms with Crippen molar-refractivity contribution < 1.29 is 37.6 Å². The van der Waals surface area contributed by atoms with E-state index in [9.17, 15) is 4.79 Å². The van der Waals surface area contributed by atoms with Gasteiger partial charge in [-0.15, -0.1) is 0 Å². The van der Waals surface area contributed by atoms with Crippen molar-refractivity contribution in [3.63, 3.8) is 0 Å². The van der Waals surface area contributed by atoms with Gasteiger partial charge in [-0.3, -0.25) is 0 Å². The van der Waals surface area contributed by atoms with E-state index in [1.165, 1.54) is 6.92 Å². The van der Waals surface area contributed by atoms with Crippen LogP contribution in [0.4, 0.5) is 0 Å². The summed E-state index contributed by atoms with van der Waals surface area (Å²) in [5.74, 6) is 0.346. The molecule has 5 atom stereocenters. The molecule has 0 saturated heterocycles. The third-order valence-electron chi connectivity index (χ3n) is 3.58. The summed E-state index contributed by atoms with van der Waals surface area (Å²) in [5.41, 5.74) is -0.175. The number of rotatable bonds is 3. The molecule has 1 fully saturated rings. The van der Waals surface area contributed by atoms with Gasteiger partial charge in [0.2, 0.25) is 0 Å². The number of hydrogen-bond acceptors (Lipinski definition) is 3. The van der Waals surface area contributed by atoms with Crippen LogP contribution in [0, 0.1) is 11.8 Å². The van der Waals surface area contributed by atoms with Gasteiger partial charge in [0.25, 0.3) is 0 Å². The zero-order valence-electron chi connectivity index (χ0n) is 11.4. The van der Waals surface area contributed by atoms with Crippen molar-refractivity contribution in [3.8, 4) is 0 Å². The molecule has 18 heavy (non-hydrogen) atoms. The van der Waals surface area contributed by atoms with Gasteiger partial charge in [-0.1, -0.05) is 0 Å². The molecule has 0 N–H and O–H groups in total.